The quantitative estimate of drug-likeness (QED) is 0.542. The van der Waals surface area contributed by atoms with Gasteiger partial charge in [0.2, 0.25) is 5.91 Å². The molecule has 4 aromatic rings. The Morgan fingerprint density at radius 3 is 2.86 bits per heavy atom. The number of aryl methyl sites for hydroxylation is 1. The second-order valence-corrected chi connectivity index (χ2v) is 7.64. The Hall–Kier alpha value is -3.19. The minimum atomic E-state index is -0.635. The van der Waals surface area contributed by atoms with Crippen molar-refractivity contribution in [1.82, 2.24) is 30.5 Å². The number of tetrazole rings is 1. The Morgan fingerprint density at radius 1 is 1.21 bits per heavy atom. The van der Waals surface area contributed by atoms with Crippen LogP contribution in [0.2, 0.25) is 5.02 Å². The molecule has 1 amide bonds. The first-order valence-electron chi connectivity index (χ1n) is 9.59. The maximum atomic E-state index is 13.3. The molecular weight excluding hydrogens is 388 g/mol. The molecule has 2 heterocycles. The fourth-order valence-electron chi connectivity index (χ4n) is 4.19. The molecule has 8 heteroatoms. The van der Waals surface area contributed by atoms with Crippen molar-refractivity contribution < 1.29 is 4.79 Å². The topological polar surface area (TPSA) is 88.5 Å². The summed E-state index contributed by atoms with van der Waals surface area (Å²) in [6.45, 7) is 0. The van der Waals surface area contributed by atoms with Crippen LogP contribution in [0.15, 0.2) is 54.9 Å². The minimum absolute atomic E-state index is 0.114. The summed E-state index contributed by atoms with van der Waals surface area (Å²) in [4.78, 5) is 16.8. The molecule has 146 valence electrons. The summed E-state index contributed by atoms with van der Waals surface area (Å²) in [5, 5.41) is 16.4. The highest BCUT2D eigenvalue weighted by atomic mass is 35.5. The van der Waals surface area contributed by atoms with Crippen molar-refractivity contribution in [2.24, 2.45) is 0 Å². The lowest BCUT2D eigenvalue weighted by Crippen LogP contribution is -2.37. The van der Waals surface area contributed by atoms with Crippen LogP contribution in [0.1, 0.15) is 41.7 Å². The van der Waals surface area contributed by atoms with Crippen molar-refractivity contribution in [1.29, 1.82) is 0 Å². The van der Waals surface area contributed by atoms with Crippen LogP contribution in [0.5, 0.6) is 0 Å². The zero-order valence-corrected chi connectivity index (χ0v) is 16.3. The van der Waals surface area contributed by atoms with Gasteiger partial charge in [0.1, 0.15) is 6.33 Å². The SMILES string of the molecule is O=C(NC1CCCc2c1[nH]c1c(Cl)cccc21)[C@@H](c1ccccc1)n1cnnn1. The number of nitrogens with one attached hydrogen (secondary N) is 2. The molecule has 0 bridgehead atoms. The molecule has 2 aromatic carbocycles. The predicted molar refractivity (Wildman–Crippen MR) is 110 cm³/mol. The number of H-pyrrole nitrogens is 1. The third-order valence-electron chi connectivity index (χ3n) is 5.50. The Morgan fingerprint density at radius 2 is 2.07 bits per heavy atom. The zero-order valence-electron chi connectivity index (χ0n) is 15.5. The van der Waals surface area contributed by atoms with E-state index in [1.165, 1.54) is 16.6 Å². The van der Waals surface area contributed by atoms with E-state index in [1.807, 2.05) is 42.5 Å². The molecule has 0 fully saturated rings. The van der Waals surface area contributed by atoms with Gasteiger partial charge in [-0.25, -0.2) is 4.68 Å². The normalized spacial score (nSPS) is 17.1. The van der Waals surface area contributed by atoms with Crippen LogP contribution in [-0.2, 0) is 11.2 Å². The van der Waals surface area contributed by atoms with Crippen LogP contribution >= 0.6 is 11.6 Å². The summed E-state index contributed by atoms with van der Waals surface area (Å²) in [7, 11) is 0. The van der Waals surface area contributed by atoms with Crippen molar-refractivity contribution in [3.63, 3.8) is 0 Å². The van der Waals surface area contributed by atoms with Crippen molar-refractivity contribution >= 4 is 28.4 Å². The van der Waals surface area contributed by atoms with Gasteiger partial charge in [0, 0.05) is 11.1 Å². The third kappa shape index (κ3) is 3.17. The molecule has 0 saturated carbocycles. The Bertz CT molecular complexity index is 1150. The highest BCUT2D eigenvalue weighted by molar-refractivity contribution is 6.35. The standard InChI is InChI=1S/C21H19ClN6O/c22-16-10-4-8-14-15-9-5-11-17(19(15)25-18(14)16)24-21(29)20(28-12-23-26-27-28)13-6-2-1-3-7-13/h1-4,6-8,10,12,17,20,25H,5,9,11H2,(H,24,29)/t17?,20-/m1/s1. The molecule has 0 spiro atoms. The van der Waals surface area contributed by atoms with E-state index in [1.54, 1.807) is 0 Å². The van der Waals surface area contributed by atoms with Gasteiger partial charge in [0.25, 0.3) is 0 Å². The molecule has 1 aliphatic rings. The van der Waals surface area contributed by atoms with Crippen LogP contribution in [-0.4, -0.2) is 31.1 Å². The number of carbonyl (C=O) groups excluding carboxylic acids is 1. The number of aromatic amines is 1. The number of carbonyl (C=O) groups is 1. The number of hydrogen-bond acceptors (Lipinski definition) is 4. The Kier molecular flexibility index (Phi) is 4.52. The van der Waals surface area contributed by atoms with Gasteiger partial charge in [-0.15, -0.1) is 5.10 Å². The van der Waals surface area contributed by atoms with Crippen LogP contribution in [0.25, 0.3) is 10.9 Å². The monoisotopic (exact) mass is 406 g/mol. The average Bonchev–Trinajstić information content (AvgIpc) is 3.39. The fraction of sp³-hybridized carbons (Fsp3) is 0.238. The molecular formula is C21H19ClN6O. The largest absolute Gasteiger partial charge is 0.355 e. The van der Waals surface area contributed by atoms with Crippen LogP contribution in [0, 0.1) is 0 Å². The second-order valence-electron chi connectivity index (χ2n) is 7.24. The lowest BCUT2D eigenvalue weighted by molar-refractivity contribution is -0.124. The number of fused-ring (bicyclic) bond motifs is 3. The summed E-state index contributed by atoms with van der Waals surface area (Å²) in [5.74, 6) is -0.147. The van der Waals surface area contributed by atoms with Gasteiger partial charge >= 0.3 is 0 Å². The molecule has 2 atom stereocenters. The lowest BCUT2D eigenvalue weighted by atomic mass is 9.91. The van der Waals surface area contributed by atoms with Crippen LogP contribution in [0.3, 0.4) is 0 Å². The van der Waals surface area contributed by atoms with Gasteiger partial charge in [-0.05, 0) is 46.9 Å². The van der Waals surface area contributed by atoms with E-state index in [9.17, 15) is 4.79 Å². The van der Waals surface area contributed by atoms with E-state index in [-0.39, 0.29) is 11.9 Å². The molecule has 2 aromatic heterocycles. The van der Waals surface area contributed by atoms with Gasteiger partial charge in [0.05, 0.1) is 16.6 Å². The number of amides is 1. The second kappa shape index (κ2) is 7.33. The number of rotatable bonds is 4. The lowest BCUT2D eigenvalue weighted by Gasteiger charge is -2.26. The molecule has 5 rings (SSSR count). The highest BCUT2D eigenvalue weighted by Crippen LogP contribution is 2.37. The first-order chi connectivity index (χ1) is 14.2. The molecule has 0 radical (unpaired) electrons. The van der Waals surface area contributed by atoms with E-state index >= 15 is 0 Å². The molecule has 1 aliphatic carbocycles. The van der Waals surface area contributed by atoms with Gasteiger partial charge in [-0.2, -0.15) is 0 Å². The number of benzene rings is 2. The van der Waals surface area contributed by atoms with Crippen molar-refractivity contribution in [3.05, 3.63) is 76.7 Å². The minimum Gasteiger partial charge on any atom is -0.355 e. The number of nitrogens with zero attached hydrogens (tertiary/aromatic N) is 4. The Labute approximate surface area is 172 Å². The van der Waals surface area contributed by atoms with Crippen molar-refractivity contribution in [2.75, 3.05) is 0 Å². The van der Waals surface area contributed by atoms with Crippen molar-refractivity contribution in [2.45, 2.75) is 31.3 Å². The molecule has 0 aliphatic heterocycles. The van der Waals surface area contributed by atoms with Gasteiger partial charge in [0.15, 0.2) is 6.04 Å². The smallest absolute Gasteiger partial charge is 0.250 e. The number of halogens is 1. The predicted octanol–water partition coefficient (Wildman–Crippen LogP) is 3.59. The maximum Gasteiger partial charge on any atom is 0.250 e. The maximum absolute atomic E-state index is 13.3. The summed E-state index contributed by atoms with van der Waals surface area (Å²) < 4.78 is 1.48. The van der Waals surface area contributed by atoms with Crippen LogP contribution in [0.4, 0.5) is 0 Å². The first-order valence-corrected chi connectivity index (χ1v) is 9.97. The number of hydrogen-bond donors (Lipinski definition) is 2. The van der Waals surface area contributed by atoms with E-state index in [4.69, 9.17) is 11.6 Å². The third-order valence-corrected chi connectivity index (χ3v) is 5.82. The number of aromatic nitrogens is 5. The van der Waals surface area contributed by atoms with Crippen molar-refractivity contribution in [3.8, 4) is 0 Å². The van der Waals surface area contributed by atoms with Gasteiger partial charge < -0.3 is 10.3 Å². The highest BCUT2D eigenvalue weighted by Gasteiger charge is 2.30. The molecule has 1 unspecified atom stereocenters. The molecule has 7 nitrogen and oxygen atoms in total. The summed E-state index contributed by atoms with van der Waals surface area (Å²) in [6.07, 6.45) is 4.29. The molecule has 2 N–H and O–H groups in total. The Balaban J connectivity index is 1.49. The molecule has 0 saturated heterocycles. The summed E-state index contributed by atoms with van der Waals surface area (Å²) in [6, 6.07) is 14.7. The van der Waals surface area contributed by atoms with E-state index in [2.05, 4.69) is 31.9 Å². The van der Waals surface area contributed by atoms with E-state index in [0.29, 0.717) is 5.02 Å². The van der Waals surface area contributed by atoms with Gasteiger partial charge in [-0.1, -0.05) is 54.1 Å². The van der Waals surface area contributed by atoms with E-state index < -0.39 is 6.04 Å². The molecule has 29 heavy (non-hydrogen) atoms. The van der Waals surface area contributed by atoms with Gasteiger partial charge in [-0.3, -0.25) is 4.79 Å². The number of para-hydroxylation sites is 1. The zero-order chi connectivity index (χ0) is 19.8. The van der Waals surface area contributed by atoms with E-state index in [0.717, 1.165) is 41.4 Å². The summed E-state index contributed by atoms with van der Waals surface area (Å²) in [5.41, 5.74) is 4.03. The fourth-order valence-corrected chi connectivity index (χ4v) is 4.41. The first kappa shape index (κ1) is 17.9. The van der Waals surface area contributed by atoms with Crippen LogP contribution < -0.4 is 5.32 Å². The average molecular weight is 407 g/mol. The summed E-state index contributed by atoms with van der Waals surface area (Å²) >= 11 is 6.38.